The number of hydrogen-bond acceptors (Lipinski definition) is 6. The fraction of sp³-hybridized carbons (Fsp3) is 0.111. The van der Waals surface area contributed by atoms with E-state index in [0.717, 1.165) is 4.90 Å². The van der Waals surface area contributed by atoms with Crippen LogP contribution in [0.3, 0.4) is 0 Å². The summed E-state index contributed by atoms with van der Waals surface area (Å²) >= 11 is 11.8. The predicted octanol–water partition coefficient (Wildman–Crippen LogP) is 5.08. The first-order chi connectivity index (χ1) is 18.2. The molecule has 1 heterocycles. The lowest BCUT2D eigenvalue weighted by Gasteiger charge is -2.26. The first-order valence-corrected chi connectivity index (χ1v) is 12.1. The number of benzene rings is 3. The largest absolute Gasteiger partial charge is 0.494 e. The second-order valence-electron chi connectivity index (χ2n) is 7.92. The summed E-state index contributed by atoms with van der Waals surface area (Å²) < 4.78 is 10.9. The Balaban J connectivity index is 1.46. The molecule has 5 amide bonds. The molecule has 0 aliphatic carbocycles. The van der Waals surface area contributed by atoms with Crippen LogP contribution in [0.4, 0.5) is 16.2 Å². The van der Waals surface area contributed by atoms with Crippen molar-refractivity contribution in [3.8, 4) is 11.5 Å². The average molecular weight is 554 g/mol. The number of nitrogens with one attached hydrogen (secondary N) is 2. The maximum absolute atomic E-state index is 13.1. The van der Waals surface area contributed by atoms with Crippen molar-refractivity contribution >= 4 is 64.4 Å². The van der Waals surface area contributed by atoms with Crippen molar-refractivity contribution in [1.29, 1.82) is 0 Å². The average Bonchev–Trinajstić information content (AvgIpc) is 2.89. The number of anilines is 2. The minimum Gasteiger partial charge on any atom is -0.494 e. The smallest absolute Gasteiger partial charge is 0.335 e. The van der Waals surface area contributed by atoms with Crippen LogP contribution in [0, 0.1) is 0 Å². The third-order valence-electron chi connectivity index (χ3n) is 5.25. The van der Waals surface area contributed by atoms with Crippen LogP contribution in [0.5, 0.6) is 11.5 Å². The number of ether oxygens (including phenoxy) is 2. The zero-order valence-corrected chi connectivity index (χ0v) is 21.5. The predicted molar refractivity (Wildman–Crippen MR) is 144 cm³/mol. The van der Waals surface area contributed by atoms with Crippen LogP contribution in [0.15, 0.2) is 72.3 Å². The van der Waals surface area contributed by atoms with Crippen molar-refractivity contribution in [2.45, 2.75) is 6.92 Å². The Bertz CT molecular complexity index is 1440. The normalized spacial score (nSPS) is 14.3. The maximum Gasteiger partial charge on any atom is 0.335 e. The maximum atomic E-state index is 13.1. The van der Waals surface area contributed by atoms with E-state index in [9.17, 15) is 19.2 Å². The number of hydrogen-bond donors (Lipinski definition) is 2. The summed E-state index contributed by atoms with van der Waals surface area (Å²) in [6.45, 7) is 2.00. The topological polar surface area (TPSA) is 114 Å². The zero-order valence-electron chi connectivity index (χ0n) is 20.0. The Labute approximate surface area is 227 Å². The summed E-state index contributed by atoms with van der Waals surface area (Å²) in [4.78, 5) is 51.2. The molecule has 11 heteroatoms. The van der Waals surface area contributed by atoms with Crippen LogP contribution >= 0.6 is 23.2 Å². The second kappa shape index (κ2) is 11.8. The van der Waals surface area contributed by atoms with Gasteiger partial charge in [-0.2, -0.15) is 0 Å². The van der Waals surface area contributed by atoms with E-state index in [1.807, 2.05) is 6.92 Å². The van der Waals surface area contributed by atoms with Crippen LogP contribution in [0.2, 0.25) is 10.0 Å². The number of nitrogens with zero attached hydrogens (tertiary/aromatic N) is 1. The van der Waals surface area contributed by atoms with Gasteiger partial charge in [-0.15, -0.1) is 0 Å². The van der Waals surface area contributed by atoms with Crippen molar-refractivity contribution in [1.82, 2.24) is 5.32 Å². The number of urea groups is 1. The monoisotopic (exact) mass is 553 g/mol. The van der Waals surface area contributed by atoms with Crippen molar-refractivity contribution in [3.05, 3.63) is 87.9 Å². The molecular weight excluding hydrogens is 533 g/mol. The van der Waals surface area contributed by atoms with Gasteiger partial charge in [0.2, 0.25) is 0 Å². The highest BCUT2D eigenvalue weighted by Gasteiger charge is 2.36. The highest BCUT2D eigenvalue weighted by Crippen LogP contribution is 2.26. The molecule has 0 unspecified atom stereocenters. The van der Waals surface area contributed by atoms with Gasteiger partial charge < -0.3 is 14.8 Å². The number of imide groups is 2. The van der Waals surface area contributed by atoms with E-state index >= 15 is 0 Å². The van der Waals surface area contributed by atoms with Crippen LogP contribution < -0.4 is 25.0 Å². The molecule has 1 saturated heterocycles. The molecular formula is C27H21Cl2N3O6. The van der Waals surface area contributed by atoms with Gasteiger partial charge in [0.1, 0.15) is 17.1 Å². The lowest BCUT2D eigenvalue weighted by atomic mass is 10.1. The van der Waals surface area contributed by atoms with E-state index in [0.29, 0.717) is 39.4 Å². The Morgan fingerprint density at radius 2 is 1.71 bits per heavy atom. The minimum atomic E-state index is -0.855. The number of rotatable bonds is 8. The Morgan fingerprint density at radius 1 is 0.947 bits per heavy atom. The molecule has 0 aromatic heterocycles. The Kier molecular flexibility index (Phi) is 8.30. The van der Waals surface area contributed by atoms with Gasteiger partial charge >= 0.3 is 6.03 Å². The lowest BCUT2D eigenvalue weighted by Crippen LogP contribution is -2.54. The van der Waals surface area contributed by atoms with Gasteiger partial charge in [-0.25, -0.2) is 9.69 Å². The van der Waals surface area contributed by atoms with E-state index in [-0.39, 0.29) is 17.9 Å². The highest BCUT2D eigenvalue weighted by molar-refractivity contribution is 6.42. The third kappa shape index (κ3) is 6.31. The van der Waals surface area contributed by atoms with E-state index in [2.05, 4.69) is 10.6 Å². The first-order valence-electron chi connectivity index (χ1n) is 11.4. The molecule has 3 aromatic carbocycles. The molecule has 1 aliphatic rings. The van der Waals surface area contributed by atoms with Gasteiger partial charge in [0.15, 0.2) is 6.61 Å². The lowest BCUT2D eigenvalue weighted by molar-refractivity contribution is -0.122. The molecule has 9 nitrogen and oxygen atoms in total. The number of barbiturate groups is 1. The summed E-state index contributed by atoms with van der Waals surface area (Å²) in [7, 11) is 0. The zero-order chi connectivity index (χ0) is 27.2. The third-order valence-corrected chi connectivity index (χ3v) is 5.99. The molecule has 4 rings (SSSR count). The molecule has 1 aliphatic heterocycles. The van der Waals surface area contributed by atoms with Crippen LogP contribution in [-0.2, 0) is 14.4 Å². The SMILES string of the molecule is CCOc1ccc(N2C(=O)NC(=O)/C(=C\c3cccc(OCC(=O)Nc4ccc(Cl)c(Cl)c4)c3)C2=O)cc1. The molecule has 38 heavy (non-hydrogen) atoms. The van der Waals surface area contributed by atoms with Crippen molar-refractivity contribution in [3.63, 3.8) is 0 Å². The summed E-state index contributed by atoms with van der Waals surface area (Å²) in [6.07, 6.45) is 1.34. The number of amides is 5. The molecule has 2 N–H and O–H groups in total. The minimum absolute atomic E-state index is 0.243. The molecule has 194 valence electrons. The van der Waals surface area contributed by atoms with E-state index in [4.69, 9.17) is 32.7 Å². The molecule has 0 atom stereocenters. The van der Waals surface area contributed by atoms with Crippen LogP contribution in [-0.4, -0.2) is 37.0 Å². The first kappa shape index (κ1) is 26.7. The van der Waals surface area contributed by atoms with Crippen molar-refractivity contribution in [2.24, 2.45) is 0 Å². The molecule has 0 saturated carbocycles. The summed E-state index contributed by atoms with van der Waals surface area (Å²) in [6, 6.07) is 16.6. The van der Waals surface area contributed by atoms with Crippen molar-refractivity contribution < 1.29 is 28.7 Å². The second-order valence-corrected chi connectivity index (χ2v) is 8.74. The van der Waals surface area contributed by atoms with Gasteiger partial charge in [-0.1, -0.05) is 35.3 Å². The summed E-state index contributed by atoms with van der Waals surface area (Å²) in [5.74, 6) is -1.13. The fourth-order valence-corrected chi connectivity index (χ4v) is 3.83. The molecule has 0 radical (unpaired) electrons. The van der Waals surface area contributed by atoms with Crippen molar-refractivity contribution in [2.75, 3.05) is 23.4 Å². The van der Waals surface area contributed by atoms with E-state index in [1.165, 1.54) is 12.1 Å². The summed E-state index contributed by atoms with van der Waals surface area (Å²) in [5.41, 5.74) is 0.944. The molecule has 0 bridgehead atoms. The number of carbonyl (C=O) groups excluding carboxylic acids is 4. The molecule has 0 spiro atoms. The van der Waals surface area contributed by atoms with Crippen LogP contribution in [0.1, 0.15) is 12.5 Å². The van der Waals surface area contributed by atoms with Crippen LogP contribution in [0.25, 0.3) is 6.08 Å². The van der Waals surface area contributed by atoms with Gasteiger partial charge in [0, 0.05) is 5.69 Å². The molecule has 3 aromatic rings. The number of carbonyl (C=O) groups is 4. The van der Waals surface area contributed by atoms with Gasteiger partial charge in [-0.3, -0.25) is 19.7 Å². The molecule has 1 fully saturated rings. The number of halogens is 2. The van der Waals surface area contributed by atoms with Gasteiger partial charge in [0.25, 0.3) is 17.7 Å². The van der Waals surface area contributed by atoms with E-state index in [1.54, 1.807) is 60.7 Å². The fourth-order valence-electron chi connectivity index (χ4n) is 3.53. The highest BCUT2D eigenvalue weighted by atomic mass is 35.5. The Hall–Kier alpha value is -4.34. The standard InChI is InChI=1S/C27H21Cl2N3O6/c1-2-37-19-9-7-18(8-10-19)32-26(35)21(25(34)31-27(32)36)13-16-4-3-5-20(12-16)38-15-24(33)30-17-6-11-22(28)23(29)14-17/h3-14H,2,15H2,1H3,(H,30,33)(H,31,34,36)/b21-13+. The Morgan fingerprint density at radius 3 is 2.42 bits per heavy atom. The van der Waals surface area contributed by atoms with Gasteiger partial charge in [0.05, 0.1) is 22.3 Å². The summed E-state index contributed by atoms with van der Waals surface area (Å²) in [5, 5.41) is 5.49. The quantitative estimate of drug-likeness (QED) is 0.297. The van der Waals surface area contributed by atoms with Gasteiger partial charge in [-0.05, 0) is 73.2 Å². The van der Waals surface area contributed by atoms with E-state index < -0.39 is 23.8 Å².